The fourth-order valence-corrected chi connectivity index (χ4v) is 4.38. The monoisotopic (exact) mass is 449 g/mol. The number of nitrogens with zero attached hydrogens (tertiary/aromatic N) is 1. The van der Waals surface area contributed by atoms with E-state index in [0.717, 1.165) is 12.0 Å². The topological polar surface area (TPSA) is 100 Å². The molecule has 3 rings (SSSR count). The van der Waals surface area contributed by atoms with Crippen LogP contribution in [0.4, 0.5) is 4.79 Å². The van der Waals surface area contributed by atoms with Crippen LogP contribution in [0.3, 0.4) is 0 Å². The molecule has 1 aliphatic rings. The van der Waals surface area contributed by atoms with Gasteiger partial charge in [0.2, 0.25) is 0 Å². The lowest BCUT2D eigenvalue weighted by molar-refractivity contribution is 0.0925. The maximum absolute atomic E-state index is 13.0. The zero-order valence-electron chi connectivity index (χ0n) is 19.2. The number of para-hydroxylation sites is 1. The summed E-state index contributed by atoms with van der Waals surface area (Å²) >= 11 is 0. The van der Waals surface area contributed by atoms with Crippen LogP contribution in [0, 0.1) is 11.3 Å². The standard InChI is InChI=1S/C26H31N3O4/c1-3-17-33-24(31)29-26(18-27)15-13-25(14-16-26,20-9-5-4-6-10-20)19-28-23(30)21-11-7-8-12-22(21)32-2/h4-12H,3,13-17,19H2,1-2H3,(H,28,30)(H,29,31)/t25-,26-. The molecule has 33 heavy (non-hydrogen) atoms. The Balaban J connectivity index is 1.77. The predicted molar refractivity (Wildman–Crippen MR) is 125 cm³/mol. The molecule has 0 saturated heterocycles. The summed E-state index contributed by atoms with van der Waals surface area (Å²) in [5.74, 6) is 0.312. The molecule has 0 atom stereocenters. The van der Waals surface area contributed by atoms with Gasteiger partial charge in [0.1, 0.15) is 11.3 Å². The average Bonchev–Trinajstić information content (AvgIpc) is 2.87. The second kappa shape index (κ2) is 10.9. The number of rotatable bonds is 8. The number of amides is 2. The molecule has 2 aromatic rings. The van der Waals surface area contributed by atoms with Crippen LogP contribution in [0.25, 0.3) is 0 Å². The van der Waals surface area contributed by atoms with Gasteiger partial charge in [-0.25, -0.2) is 4.79 Å². The van der Waals surface area contributed by atoms with Crippen LogP contribution in [0.5, 0.6) is 5.75 Å². The van der Waals surface area contributed by atoms with E-state index in [1.807, 2.05) is 31.2 Å². The van der Waals surface area contributed by atoms with E-state index < -0.39 is 11.6 Å². The van der Waals surface area contributed by atoms with Crippen molar-refractivity contribution in [3.8, 4) is 11.8 Å². The Hall–Kier alpha value is -3.53. The van der Waals surface area contributed by atoms with E-state index in [9.17, 15) is 14.9 Å². The molecule has 7 nitrogen and oxygen atoms in total. The van der Waals surface area contributed by atoms with Gasteiger partial charge in [-0.05, 0) is 49.8 Å². The van der Waals surface area contributed by atoms with Gasteiger partial charge in [-0.2, -0.15) is 5.26 Å². The van der Waals surface area contributed by atoms with Crippen molar-refractivity contribution in [2.75, 3.05) is 20.3 Å². The predicted octanol–water partition coefficient (Wildman–Crippen LogP) is 4.34. The molecule has 1 aliphatic carbocycles. The molecule has 0 radical (unpaired) electrons. The number of hydrogen-bond acceptors (Lipinski definition) is 5. The minimum Gasteiger partial charge on any atom is -0.496 e. The molecule has 2 amide bonds. The zero-order chi connectivity index (χ0) is 23.7. The smallest absolute Gasteiger partial charge is 0.408 e. The Morgan fingerprint density at radius 2 is 1.70 bits per heavy atom. The first-order valence-corrected chi connectivity index (χ1v) is 11.3. The van der Waals surface area contributed by atoms with Crippen molar-refractivity contribution in [2.45, 2.75) is 50.0 Å². The van der Waals surface area contributed by atoms with Crippen molar-refractivity contribution in [1.29, 1.82) is 5.26 Å². The van der Waals surface area contributed by atoms with Crippen LogP contribution in [0.2, 0.25) is 0 Å². The summed E-state index contributed by atoms with van der Waals surface area (Å²) in [5.41, 5.74) is 0.250. The number of nitriles is 1. The van der Waals surface area contributed by atoms with Crippen molar-refractivity contribution < 1.29 is 19.1 Å². The van der Waals surface area contributed by atoms with Gasteiger partial charge in [-0.1, -0.05) is 49.4 Å². The number of carbonyl (C=O) groups is 2. The van der Waals surface area contributed by atoms with Gasteiger partial charge in [0.05, 0.1) is 25.3 Å². The molecule has 1 saturated carbocycles. The lowest BCUT2D eigenvalue weighted by Gasteiger charge is -2.44. The quantitative estimate of drug-likeness (QED) is 0.625. The average molecular weight is 450 g/mol. The van der Waals surface area contributed by atoms with E-state index in [2.05, 4.69) is 28.8 Å². The summed E-state index contributed by atoms with van der Waals surface area (Å²) in [6, 6.07) is 19.4. The van der Waals surface area contributed by atoms with E-state index in [4.69, 9.17) is 9.47 Å². The van der Waals surface area contributed by atoms with Crippen molar-refractivity contribution in [3.05, 3.63) is 65.7 Å². The van der Waals surface area contributed by atoms with E-state index >= 15 is 0 Å². The van der Waals surface area contributed by atoms with E-state index in [0.29, 0.717) is 50.1 Å². The summed E-state index contributed by atoms with van der Waals surface area (Å²) in [4.78, 5) is 25.1. The van der Waals surface area contributed by atoms with Crippen molar-refractivity contribution in [2.24, 2.45) is 0 Å². The summed E-state index contributed by atoms with van der Waals surface area (Å²) in [6.45, 7) is 2.65. The molecule has 0 heterocycles. The Morgan fingerprint density at radius 3 is 2.33 bits per heavy atom. The highest BCUT2D eigenvalue weighted by molar-refractivity contribution is 5.97. The van der Waals surface area contributed by atoms with Crippen LogP contribution < -0.4 is 15.4 Å². The molecule has 2 aromatic carbocycles. The van der Waals surface area contributed by atoms with Gasteiger partial charge in [-0.3, -0.25) is 4.79 Å². The third-order valence-electron chi connectivity index (χ3n) is 6.38. The Labute approximate surface area is 195 Å². The maximum atomic E-state index is 13.0. The minimum absolute atomic E-state index is 0.207. The van der Waals surface area contributed by atoms with Gasteiger partial charge in [0.15, 0.2) is 0 Å². The van der Waals surface area contributed by atoms with Gasteiger partial charge in [0, 0.05) is 12.0 Å². The van der Waals surface area contributed by atoms with Crippen LogP contribution >= 0.6 is 0 Å². The lowest BCUT2D eigenvalue weighted by Crippen LogP contribution is -2.54. The third-order valence-corrected chi connectivity index (χ3v) is 6.38. The number of benzene rings is 2. The summed E-state index contributed by atoms with van der Waals surface area (Å²) in [6.07, 6.45) is 2.34. The second-order valence-corrected chi connectivity index (χ2v) is 8.48. The first kappa shape index (κ1) is 24.1. The number of alkyl carbamates (subject to hydrolysis) is 1. The molecule has 174 valence electrons. The first-order valence-electron chi connectivity index (χ1n) is 11.3. The number of methoxy groups -OCH3 is 1. The van der Waals surface area contributed by atoms with E-state index in [1.165, 1.54) is 0 Å². The molecule has 2 N–H and O–H groups in total. The second-order valence-electron chi connectivity index (χ2n) is 8.48. The van der Waals surface area contributed by atoms with E-state index in [-0.39, 0.29) is 11.3 Å². The highest BCUT2D eigenvalue weighted by atomic mass is 16.5. The largest absolute Gasteiger partial charge is 0.496 e. The van der Waals surface area contributed by atoms with Crippen LogP contribution in [0.15, 0.2) is 54.6 Å². The maximum Gasteiger partial charge on any atom is 0.408 e. The van der Waals surface area contributed by atoms with Crippen molar-refractivity contribution in [1.82, 2.24) is 10.6 Å². The Bertz CT molecular complexity index is 992. The Kier molecular flexibility index (Phi) is 7.94. The van der Waals surface area contributed by atoms with Gasteiger partial charge < -0.3 is 20.1 Å². The number of carbonyl (C=O) groups excluding carboxylic acids is 2. The summed E-state index contributed by atoms with van der Waals surface area (Å²) < 4.78 is 10.5. The molecule has 0 aliphatic heterocycles. The molecule has 0 unspecified atom stereocenters. The fourth-order valence-electron chi connectivity index (χ4n) is 4.38. The molecule has 0 spiro atoms. The van der Waals surface area contributed by atoms with Crippen LogP contribution in [-0.4, -0.2) is 37.8 Å². The van der Waals surface area contributed by atoms with Crippen molar-refractivity contribution >= 4 is 12.0 Å². The van der Waals surface area contributed by atoms with Crippen molar-refractivity contribution in [3.63, 3.8) is 0 Å². The molecule has 7 heteroatoms. The SMILES string of the molecule is CCCOC(=O)N[C@]1(C#N)CC[C@@](CNC(=O)c2ccccc2OC)(c2ccccc2)CC1. The summed E-state index contributed by atoms with van der Waals surface area (Å²) in [7, 11) is 1.54. The van der Waals surface area contributed by atoms with Crippen LogP contribution in [-0.2, 0) is 10.2 Å². The minimum atomic E-state index is -0.976. The normalized spacial score (nSPS) is 22.0. The van der Waals surface area contributed by atoms with E-state index in [1.54, 1.807) is 25.3 Å². The van der Waals surface area contributed by atoms with Gasteiger partial charge in [-0.15, -0.1) is 0 Å². The highest BCUT2D eigenvalue weighted by Gasteiger charge is 2.45. The van der Waals surface area contributed by atoms with Gasteiger partial charge >= 0.3 is 6.09 Å². The Morgan fingerprint density at radius 1 is 1.03 bits per heavy atom. The lowest BCUT2D eigenvalue weighted by atomic mass is 9.64. The number of hydrogen-bond donors (Lipinski definition) is 2. The summed E-state index contributed by atoms with van der Waals surface area (Å²) in [5, 5.41) is 15.7. The highest BCUT2D eigenvalue weighted by Crippen LogP contribution is 2.43. The third kappa shape index (κ3) is 5.64. The molecule has 0 bridgehead atoms. The molecular formula is C26H31N3O4. The first-order chi connectivity index (χ1) is 16.0. The van der Waals surface area contributed by atoms with Crippen LogP contribution in [0.1, 0.15) is 54.9 Å². The molecule has 0 aromatic heterocycles. The molecule has 1 fully saturated rings. The van der Waals surface area contributed by atoms with Gasteiger partial charge in [0.25, 0.3) is 5.91 Å². The fraction of sp³-hybridized carbons (Fsp3) is 0.423. The number of ether oxygens (including phenoxy) is 2. The molecular weight excluding hydrogens is 418 g/mol. The number of nitrogens with one attached hydrogen (secondary N) is 2. The zero-order valence-corrected chi connectivity index (χ0v) is 19.2.